The topological polar surface area (TPSA) is 195 Å². The predicted octanol–water partition coefficient (Wildman–Crippen LogP) is -0.839. The van der Waals surface area contributed by atoms with Crippen LogP contribution in [0.5, 0.6) is 0 Å². The summed E-state index contributed by atoms with van der Waals surface area (Å²) in [4.78, 5) is 39.8. The molecule has 0 saturated carbocycles. The number of aryl methyl sites for hydroxylation is 1. The van der Waals surface area contributed by atoms with Crippen molar-refractivity contribution >= 4 is 39.3 Å². The molecule has 0 radical (unpaired) electrons. The van der Waals surface area contributed by atoms with Crippen molar-refractivity contribution in [1.29, 1.82) is 0 Å². The van der Waals surface area contributed by atoms with Crippen LogP contribution in [-0.2, 0) is 30.8 Å². The molecule has 1 aliphatic rings. The average molecular weight is 547 g/mol. The lowest BCUT2D eigenvalue weighted by Crippen LogP contribution is -2.54. The number of benzene rings is 2. The normalized spacial score (nSPS) is 15.3. The number of oxime groups is 1. The predicted molar refractivity (Wildman–Crippen MR) is 139 cm³/mol. The molecule has 0 bridgehead atoms. The van der Waals surface area contributed by atoms with Gasteiger partial charge in [0.15, 0.2) is 5.84 Å². The average Bonchev–Trinajstić information content (AvgIpc) is 2.91. The van der Waals surface area contributed by atoms with Crippen molar-refractivity contribution in [1.82, 2.24) is 14.9 Å². The van der Waals surface area contributed by atoms with Gasteiger partial charge in [-0.2, -0.15) is 4.72 Å². The highest BCUT2D eigenvalue weighted by atomic mass is 32.2. The first-order valence-corrected chi connectivity index (χ1v) is 13.4. The van der Waals surface area contributed by atoms with Gasteiger partial charge in [-0.15, -0.1) is 0 Å². The van der Waals surface area contributed by atoms with Gasteiger partial charge in [-0.3, -0.25) is 14.4 Å². The molecule has 204 valence electrons. The Hall–Kier alpha value is -4.17. The molecule has 0 aliphatic carbocycles. The number of rotatable bonds is 12. The Balaban J connectivity index is 1.47. The van der Waals surface area contributed by atoms with E-state index in [0.717, 1.165) is 11.3 Å². The van der Waals surface area contributed by atoms with Crippen LogP contribution in [0.15, 0.2) is 59.8 Å². The van der Waals surface area contributed by atoms with E-state index in [-0.39, 0.29) is 43.6 Å². The fourth-order valence-corrected chi connectivity index (χ4v) is 5.03. The Bertz CT molecular complexity index is 1270. The van der Waals surface area contributed by atoms with Crippen LogP contribution in [0.4, 0.5) is 5.69 Å². The van der Waals surface area contributed by atoms with Gasteiger partial charge in [-0.25, -0.2) is 8.42 Å². The maximum atomic E-state index is 12.6. The minimum absolute atomic E-state index is 0.0230. The number of carbonyl (C=O) groups is 3. The van der Waals surface area contributed by atoms with E-state index >= 15 is 0 Å². The lowest BCUT2D eigenvalue weighted by molar-refractivity contribution is -0.139. The summed E-state index contributed by atoms with van der Waals surface area (Å²) in [5.74, 6) is -2.68. The van der Waals surface area contributed by atoms with E-state index in [0.29, 0.717) is 12.1 Å². The summed E-state index contributed by atoms with van der Waals surface area (Å²) in [7, 11) is -3.93. The van der Waals surface area contributed by atoms with Crippen LogP contribution in [0.3, 0.4) is 0 Å². The number of carboxylic acids is 1. The van der Waals surface area contributed by atoms with E-state index in [4.69, 9.17) is 10.9 Å². The molecular weight excluding hydrogens is 516 g/mol. The molecule has 38 heavy (non-hydrogen) atoms. The van der Waals surface area contributed by atoms with Crippen molar-refractivity contribution in [2.24, 2.45) is 10.9 Å². The number of nitrogens with one attached hydrogen (secondary N) is 2. The molecule has 1 heterocycles. The summed E-state index contributed by atoms with van der Waals surface area (Å²) in [6.45, 7) is -0.0412. The number of carbonyl (C=O) groups excluding carboxylic acids is 2. The maximum absolute atomic E-state index is 12.6. The second kappa shape index (κ2) is 12.9. The Kier molecular flexibility index (Phi) is 9.62. The molecular formula is C24H30N6O7S. The molecule has 2 aromatic carbocycles. The number of amidine groups is 1. The zero-order valence-corrected chi connectivity index (χ0v) is 21.3. The zero-order chi connectivity index (χ0) is 27.7. The number of anilines is 1. The number of piperazine rings is 1. The molecule has 0 spiro atoms. The lowest BCUT2D eigenvalue weighted by atomic mass is 10.1. The summed E-state index contributed by atoms with van der Waals surface area (Å²) in [5, 5.41) is 23.5. The van der Waals surface area contributed by atoms with Gasteiger partial charge in [0.25, 0.3) is 0 Å². The number of nitrogens with zero attached hydrogens (tertiary/aromatic N) is 3. The van der Waals surface area contributed by atoms with Crippen molar-refractivity contribution in [2.75, 3.05) is 43.4 Å². The lowest BCUT2D eigenvalue weighted by Gasteiger charge is -2.35. The number of aliphatic carboxylic acids is 1. The highest BCUT2D eigenvalue weighted by molar-refractivity contribution is 7.89. The third-order valence-corrected chi connectivity index (χ3v) is 7.30. The Morgan fingerprint density at radius 1 is 1.08 bits per heavy atom. The Morgan fingerprint density at radius 3 is 2.37 bits per heavy atom. The Labute approximate surface area is 220 Å². The molecule has 1 atom stereocenters. The van der Waals surface area contributed by atoms with Gasteiger partial charge in [0.05, 0.1) is 18.8 Å². The first-order chi connectivity index (χ1) is 18.1. The third-order valence-electron chi connectivity index (χ3n) is 5.91. The van der Waals surface area contributed by atoms with E-state index in [1.54, 1.807) is 54.6 Å². The summed E-state index contributed by atoms with van der Waals surface area (Å²) < 4.78 is 26.9. The van der Waals surface area contributed by atoms with E-state index < -0.39 is 34.5 Å². The van der Waals surface area contributed by atoms with Crippen LogP contribution >= 0.6 is 0 Å². The SMILES string of the molecule is N/C(=N/O)c1ccc(N2CCN(CC(=O)NC[C@H](NS(=O)(=O)CCc3ccccc3)C(=O)O)C(=O)C2)cc1. The molecule has 3 rings (SSSR count). The second-order valence-corrected chi connectivity index (χ2v) is 10.5. The van der Waals surface area contributed by atoms with E-state index in [1.165, 1.54) is 4.90 Å². The number of hydrogen-bond acceptors (Lipinski definition) is 8. The smallest absolute Gasteiger partial charge is 0.323 e. The van der Waals surface area contributed by atoms with Crippen molar-refractivity contribution in [3.63, 3.8) is 0 Å². The molecule has 0 unspecified atom stereocenters. The van der Waals surface area contributed by atoms with Crippen LogP contribution in [0.25, 0.3) is 0 Å². The highest BCUT2D eigenvalue weighted by Crippen LogP contribution is 2.18. The number of amides is 2. The molecule has 2 aromatic rings. The van der Waals surface area contributed by atoms with E-state index in [9.17, 15) is 27.9 Å². The molecule has 1 aliphatic heterocycles. The number of nitrogens with two attached hydrogens (primary N) is 1. The van der Waals surface area contributed by atoms with Gasteiger partial charge in [0.2, 0.25) is 21.8 Å². The van der Waals surface area contributed by atoms with Gasteiger partial charge in [-0.1, -0.05) is 35.5 Å². The summed E-state index contributed by atoms with van der Waals surface area (Å²) in [6.07, 6.45) is 0.206. The monoisotopic (exact) mass is 546 g/mol. The quantitative estimate of drug-likeness (QED) is 0.0976. The zero-order valence-electron chi connectivity index (χ0n) is 20.5. The summed E-state index contributed by atoms with van der Waals surface area (Å²) >= 11 is 0. The molecule has 1 fully saturated rings. The van der Waals surface area contributed by atoms with Gasteiger partial charge in [-0.05, 0) is 36.2 Å². The van der Waals surface area contributed by atoms with Gasteiger partial charge >= 0.3 is 5.97 Å². The third kappa shape index (κ3) is 8.18. The standard InChI is InChI=1S/C24H30N6O7S/c25-23(27-35)18-6-8-19(9-7-18)29-11-12-30(22(32)16-29)15-21(31)26-14-20(24(33)34)28-38(36,37)13-10-17-4-2-1-3-5-17/h1-9,20,28,35H,10-16H2,(H2,25,27)(H,26,31)(H,33,34)/t20-/m0/s1. The van der Waals surface area contributed by atoms with Crippen LogP contribution in [-0.4, -0.2) is 91.8 Å². The van der Waals surface area contributed by atoms with Crippen LogP contribution < -0.4 is 20.7 Å². The molecule has 2 amide bonds. The Morgan fingerprint density at radius 2 is 1.76 bits per heavy atom. The van der Waals surface area contributed by atoms with Crippen molar-refractivity contribution in [3.8, 4) is 0 Å². The largest absolute Gasteiger partial charge is 0.480 e. The van der Waals surface area contributed by atoms with Crippen molar-refractivity contribution < 1.29 is 33.1 Å². The molecule has 0 aromatic heterocycles. The molecule has 14 heteroatoms. The second-order valence-electron chi connectivity index (χ2n) is 8.64. The summed E-state index contributed by atoms with van der Waals surface area (Å²) in [5.41, 5.74) is 7.62. The minimum Gasteiger partial charge on any atom is -0.480 e. The number of sulfonamides is 1. The van der Waals surface area contributed by atoms with E-state index in [1.807, 2.05) is 4.90 Å². The number of hydrogen-bond donors (Lipinski definition) is 5. The first-order valence-electron chi connectivity index (χ1n) is 11.7. The van der Waals surface area contributed by atoms with Gasteiger partial charge in [0, 0.05) is 30.9 Å². The van der Waals surface area contributed by atoms with Crippen LogP contribution in [0.2, 0.25) is 0 Å². The van der Waals surface area contributed by atoms with Crippen LogP contribution in [0, 0.1) is 0 Å². The minimum atomic E-state index is -3.93. The molecule has 13 nitrogen and oxygen atoms in total. The van der Waals surface area contributed by atoms with Crippen molar-refractivity contribution in [2.45, 2.75) is 12.5 Å². The fraction of sp³-hybridized carbons (Fsp3) is 0.333. The maximum Gasteiger partial charge on any atom is 0.323 e. The van der Waals surface area contributed by atoms with Crippen molar-refractivity contribution in [3.05, 3.63) is 65.7 Å². The fourth-order valence-electron chi connectivity index (χ4n) is 3.79. The first kappa shape index (κ1) is 28.4. The molecule has 6 N–H and O–H groups in total. The van der Waals surface area contributed by atoms with Gasteiger partial charge in [0.1, 0.15) is 6.04 Å². The van der Waals surface area contributed by atoms with Gasteiger partial charge < -0.3 is 31.2 Å². The molecule has 1 saturated heterocycles. The van der Waals surface area contributed by atoms with E-state index in [2.05, 4.69) is 15.2 Å². The summed E-state index contributed by atoms with van der Waals surface area (Å²) in [6, 6.07) is 14.1. The number of carboxylic acid groups (broad SMARTS) is 1. The highest BCUT2D eigenvalue weighted by Gasteiger charge is 2.28. The van der Waals surface area contributed by atoms with Crippen LogP contribution in [0.1, 0.15) is 11.1 Å².